The molecule has 0 bridgehead atoms. The molecule has 0 amide bonds. The Bertz CT molecular complexity index is 371. The molecule has 0 fully saturated rings. The van der Waals surface area contributed by atoms with Gasteiger partial charge in [-0.1, -0.05) is 0 Å². The van der Waals surface area contributed by atoms with Crippen LogP contribution in [0.2, 0.25) is 0 Å². The molecule has 0 N–H and O–H groups in total. The van der Waals surface area contributed by atoms with E-state index in [1.54, 1.807) is 0 Å². The second kappa shape index (κ2) is 4.33. The molecule has 0 aliphatic carbocycles. The molecular formula is C9H10N2O3. The van der Waals surface area contributed by atoms with Crippen molar-refractivity contribution in [2.45, 2.75) is 0 Å². The van der Waals surface area contributed by atoms with Crippen LogP contribution in [0.3, 0.4) is 0 Å². The minimum Gasteiger partial charge on any atom is -0.494 e. The van der Waals surface area contributed by atoms with Crippen molar-refractivity contribution in [3.8, 4) is 23.4 Å². The Morgan fingerprint density at radius 1 is 1.21 bits per heavy atom. The first-order valence-electron chi connectivity index (χ1n) is 3.83. The molecule has 0 saturated heterocycles. The summed E-state index contributed by atoms with van der Waals surface area (Å²) in [7, 11) is 4.36. The highest BCUT2D eigenvalue weighted by atomic mass is 16.5. The zero-order valence-corrected chi connectivity index (χ0v) is 8.20. The van der Waals surface area contributed by atoms with Crippen LogP contribution in [0.25, 0.3) is 0 Å². The van der Waals surface area contributed by atoms with Crippen LogP contribution in [0.15, 0.2) is 6.20 Å². The van der Waals surface area contributed by atoms with E-state index in [9.17, 15) is 0 Å². The van der Waals surface area contributed by atoms with Crippen molar-refractivity contribution >= 4 is 0 Å². The van der Waals surface area contributed by atoms with Crippen LogP contribution in [0, 0.1) is 11.3 Å². The Balaban J connectivity index is 3.38. The van der Waals surface area contributed by atoms with E-state index in [1.807, 2.05) is 6.07 Å². The number of rotatable bonds is 3. The third-order valence-electron chi connectivity index (χ3n) is 1.70. The topological polar surface area (TPSA) is 64.4 Å². The largest absolute Gasteiger partial charge is 0.494 e. The van der Waals surface area contributed by atoms with Gasteiger partial charge in [0.15, 0.2) is 5.75 Å². The third kappa shape index (κ3) is 1.55. The summed E-state index contributed by atoms with van der Waals surface area (Å²) in [6.45, 7) is 0. The maximum atomic E-state index is 8.89. The molecule has 0 unspecified atom stereocenters. The summed E-state index contributed by atoms with van der Waals surface area (Å²) in [4.78, 5) is 3.92. The van der Waals surface area contributed by atoms with Gasteiger partial charge in [0.05, 0.1) is 27.5 Å². The van der Waals surface area contributed by atoms with Crippen LogP contribution >= 0.6 is 0 Å². The van der Waals surface area contributed by atoms with Crippen LogP contribution in [0.1, 0.15) is 5.56 Å². The number of aromatic nitrogens is 1. The predicted molar refractivity (Wildman–Crippen MR) is 48.6 cm³/mol. The number of methoxy groups -OCH3 is 3. The molecule has 5 heteroatoms. The zero-order valence-electron chi connectivity index (χ0n) is 8.20. The molecule has 1 aromatic rings. The predicted octanol–water partition coefficient (Wildman–Crippen LogP) is 0.979. The van der Waals surface area contributed by atoms with Crippen molar-refractivity contribution in [3.05, 3.63) is 11.8 Å². The van der Waals surface area contributed by atoms with Gasteiger partial charge in [-0.3, -0.25) is 0 Å². The monoisotopic (exact) mass is 194 g/mol. The van der Waals surface area contributed by atoms with Gasteiger partial charge in [-0.15, -0.1) is 0 Å². The molecule has 0 spiro atoms. The van der Waals surface area contributed by atoms with Crippen molar-refractivity contribution in [1.29, 1.82) is 5.26 Å². The molecule has 0 atom stereocenters. The van der Waals surface area contributed by atoms with E-state index in [4.69, 9.17) is 19.5 Å². The molecule has 74 valence electrons. The first-order valence-corrected chi connectivity index (χ1v) is 3.83. The summed E-state index contributed by atoms with van der Waals surface area (Å²) < 4.78 is 14.9. The van der Waals surface area contributed by atoms with Gasteiger partial charge in [-0.2, -0.15) is 5.26 Å². The summed E-state index contributed by atoms with van der Waals surface area (Å²) in [5, 5.41) is 8.89. The summed E-state index contributed by atoms with van der Waals surface area (Å²) in [6, 6.07) is 1.97. The normalized spacial score (nSPS) is 9.00. The summed E-state index contributed by atoms with van der Waals surface area (Å²) in [5.41, 5.74) is 0.279. The van der Waals surface area contributed by atoms with Crippen LogP contribution < -0.4 is 14.2 Å². The van der Waals surface area contributed by atoms with Gasteiger partial charge < -0.3 is 14.2 Å². The van der Waals surface area contributed by atoms with Crippen molar-refractivity contribution in [1.82, 2.24) is 4.98 Å². The second-order valence-corrected chi connectivity index (χ2v) is 2.36. The summed E-state index contributed by atoms with van der Waals surface area (Å²) in [5.74, 6) is 0.921. The van der Waals surface area contributed by atoms with Crippen LogP contribution in [0.4, 0.5) is 0 Å². The maximum absolute atomic E-state index is 8.89. The van der Waals surface area contributed by atoms with Crippen molar-refractivity contribution in [2.24, 2.45) is 0 Å². The van der Waals surface area contributed by atoms with E-state index in [1.165, 1.54) is 27.5 Å². The van der Waals surface area contributed by atoms with Gasteiger partial charge in [0.25, 0.3) is 5.88 Å². The Kier molecular flexibility index (Phi) is 3.13. The summed E-state index contributed by atoms with van der Waals surface area (Å²) in [6.07, 6.45) is 1.42. The molecule has 0 aliphatic rings. The van der Waals surface area contributed by atoms with Crippen molar-refractivity contribution in [3.63, 3.8) is 0 Å². The lowest BCUT2D eigenvalue weighted by Crippen LogP contribution is -1.98. The average molecular weight is 194 g/mol. The van der Waals surface area contributed by atoms with E-state index < -0.39 is 0 Å². The Hall–Kier alpha value is -1.96. The second-order valence-electron chi connectivity index (χ2n) is 2.36. The van der Waals surface area contributed by atoms with Gasteiger partial charge in [0, 0.05) is 0 Å². The molecule has 0 saturated carbocycles. The highest BCUT2D eigenvalue weighted by Gasteiger charge is 2.16. The Morgan fingerprint density at radius 2 is 1.93 bits per heavy atom. The van der Waals surface area contributed by atoms with E-state index in [2.05, 4.69) is 4.98 Å². The molecule has 14 heavy (non-hydrogen) atoms. The Morgan fingerprint density at radius 3 is 2.36 bits per heavy atom. The SMILES string of the molecule is COc1cnc(OC)c(OC)c1C#N. The third-order valence-corrected chi connectivity index (χ3v) is 1.70. The Labute approximate surface area is 81.8 Å². The lowest BCUT2D eigenvalue weighted by Gasteiger charge is -2.09. The molecule has 1 heterocycles. The number of nitrogens with zero attached hydrogens (tertiary/aromatic N) is 2. The fraction of sp³-hybridized carbons (Fsp3) is 0.333. The number of hydrogen-bond donors (Lipinski definition) is 0. The lowest BCUT2D eigenvalue weighted by atomic mass is 10.2. The van der Waals surface area contributed by atoms with E-state index in [-0.39, 0.29) is 17.2 Å². The molecular weight excluding hydrogens is 184 g/mol. The number of pyridine rings is 1. The molecule has 0 aromatic carbocycles. The highest BCUT2D eigenvalue weighted by molar-refractivity contribution is 5.56. The van der Waals surface area contributed by atoms with Gasteiger partial charge in [-0.25, -0.2) is 4.98 Å². The van der Waals surface area contributed by atoms with E-state index in [0.29, 0.717) is 5.75 Å². The lowest BCUT2D eigenvalue weighted by molar-refractivity contribution is 0.335. The van der Waals surface area contributed by atoms with Gasteiger partial charge >= 0.3 is 0 Å². The van der Waals surface area contributed by atoms with Crippen molar-refractivity contribution < 1.29 is 14.2 Å². The van der Waals surface area contributed by atoms with E-state index in [0.717, 1.165) is 0 Å². The van der Waals surface area contributed by atoms with Gasteiger partial charge in [-0.05, 0) is 0 Å². The molecule has 1 rings (SSSR count). The molecule has 1 aromatic heterocycles. The first kappa shape index (κ1) is 10.1. The highest BCUT2D eigenvalue weighted by Crippen LogP contribution is 2.33. The fourth-order valence-corrected chi connectivity index (χ4v) is 1.05. The number of ether oxygens (including phenoxy) is 3. The average Bonchev–Trinajstić information content (AvgIpc) is 2.26. The smallest absolute Gasteiger partial charge is 0.258 e. The van der Waals surface area contributed by atoms with Crippen LogP contribution in [0.5, 0.6) is 17.4 Å². The fourth-order valence-electron chi connectivity index (χ4n) is 1.05. The van der Waals surface area contributed by atoms with E-state index >= 15 is 0 Å². The zero-order chi connectivity index (χ0) is 10.6. The van der Waals surface area contributed by atoms with Crippen LogP contribution in [-0.2, 0) is 0 Å². The molecule has 5 nitrogen and oxygen atoms in total. The number of hydrogen-bond acceptors (Lipinski definition) is 5. The molecule has 0 aliphatic heterocycles. The van der Waals surface area contributed by atoms with Gasteiger partial charge in [0.2, 0.25) is 5.75 Å². The molecule has 0 radical (unpaired) electrons. The maximum Gasteiger partial charge on any atom is 0.258 e. The van der Waals surface area contributed by atoms with Crippen molar-refractivity contribution in [2.75, 3.05) is 21.3 Å². The number of nitriles is 1. The standard InChI is InChI=1S/C9H10N2O3/c1-12-7-5-11-9(14-3)8(13-2)6(7)4-10/h5H,1-3H3. The summed E-state index contributed by atoms with van der Waals surface area (Å²) >= 11 is 0. The van der Waals surface area contributed by atoms with Crippen LogP contribution in [-0.4, -0.2) is 26.3 Å². The minimum absolute atomic E-state index is 0.268. The minimum atomic E-state index is 0.268. The van der Waals surface area contributed by atoms with Gasteiger partial charge in [0.1, 0.15) is 11.6 Å². The first-order chi connectivity index (χ1) is 6.78. The quantitative estimate of drug-likeness (QED) is 0.717.